The van der Waals surface area contributed by atoms with Crippen LogP contribution in [0.15, 0.2) is 169 Å². The van der Waals surface area contributed by atoms with E-state index in [9.17, 15) is 68.4 Å². The summed E-state index contributed by atoms with van der Waals surface area (Å²) < 4.78 is 7.14. The number of rotatable bonds is 26. The summed E-state index contributed by atoms with van der Waals surface area (Å²) in [6.45, 7) is 0.0119. The molecule has 6 aromatic carbocycles. The number of phenolic OH excluding ortho intramolecular Hbond substituents is 1. The molecule has 12 N–H and O–H groups in total. The van der Waals surface area contributed by atoms with E-state index in [1.807, 2.05) is 48.5 Å². The zero-order valence-electron chi connectivity index (χ0n) is 49.8. The largest absolute Gasteiger partial charge is 0.508 e. The maximum atomic E-state index is 14.9. The normalized spacial score (nSPS) is 15.6. The number of hydrogen-bond donors (Lipinski definition) is 11. The number of fused-ring (bicyclic) bond motifs is 4. The highest BCUT2D eigenvalue weighted by Crippen LogP contribution is 2.44. The molecule has 1 aliphatic heterocycles. The molecule has 24 nitrogen and oxygen atoms in total. The van der Waals surface area contributed by atoms with E-state index < -0.39 is 120 Å². The van der Waals surface area contributed by atoms with Gasteiger partial charge in [0.2, 0.25) is 41.4 Å². The summed E-state index contributed by atoms with van der Waals surface area (Å²) in [6.07, 6.45) is -2.53. The van der Waals surface area contributed by atoms with Crippen LogP contribution in [0.2, 0.25) is 0 Å². The molecule has 0 spiro atoms. The molecule has 1 saturated heterocycles. The van der Waals surface area contributed by atoms with Crippen molar-refractivity contribution in [2.75, 3.05) is 19.8 Å². The number of thioether (sulfide) groups is 1. The summed E-state index contributed by atoms with van der Waals surface area (Å²) in [6, 6.07) is 33.8. The minimum atomic E-state index is -1.93. The van der Waals surface area contributed by atoms with Crippen molar-refractivity contribution < 1.29 is 73.1 Å². The second-order valence-electron chi connectivity index (χ2n) is 22.4. The predicted octanol–water partition coefficient (Wildman–Crippen LogP) is 3.79. The number of carboxylic acids is 1. The van der Waals surface area contributed by atoms with Crippen molar-refractivity contribution >= 4 is 81.3 Å². The molecule has 1 aliphatic carbocycles. The van der Waals surface area contributed by atoms with E-state index in [1.54, 1.807) is 84.9 Å². The Kier molecular flexibility index (Phi) is 21.8. The maximum absolute atomic E-state index is 14.9. The van der Waals surface area contributed by atoms with Crippen molar-refractivity contribution in [2.24, 2.45) is 5.73 Å². The van der Waals surface area contributed by atoms with Crippen molar-refractivity contribution in [3.8, 4) is 16.9 Å². The van der Waals surface area contributed by atoms with E-state index >= 15 is 0 Å². The number of likely N-dealkylation sites (tertiary alicyclic amines) is 1. The minimum absolute atomic E-state index is 0.0193. The van der Waals surface area contributed by atoms with Crippen LogP contribution in [0.25, 0.3) is 22.0 Å². The Bertz CT molecular complexity index is 3820. The molecule has 2 heterocycles. The maximum Gasteiger partial charge on any atom is 0.407 e. The monoisotopic (exact) mass is 1270 g/mol. The van der Waals surface area contributed by atoms with Crippen LogP contribution in [0.3, 0.4) is 0 Å². The van der Waals surface area contributed by atoms with Crippen LogP contribution < -0.4 is 37.6 Å². The molecule has 0 bridgehead atoms. The lowest BCUT2D eigenvalue weighted by molar-refractivity contribution is -0.143. The highest BCUT2D eigenvalue weighted by Gasteiger charge is 2.41. The molecule has 1 aromatic heterocycles. The number of carbonyl (C=O) groups is 10. The number of nitrogens with zero attached hydrogens (tertiary/aromatic N) is 2. The number of aliphatic carboxylic acids is 1. The van der Waals surface area contributed by atoms with Crippen LogP contribution in [-0.4, -0.2) is 157 Å². The number of aromatic hydroxyl groups is 1. The van der Waals surface area contributed by atoms with Gasteiger partial charge in [0.15, 0.2) is 0 Å². The number of amides is 8. The third-order valence-electron chi connectivity index (χ3n) is 16.0. The minimum Gasteiger partial charge on any atom is -0.508 e. The lowest BCUT2D eigenvalue weighted by Gasteiger charge is -2.30. The molecule has 0 saturated carbocycles. The molecule has 7 aromatic rings. The summed E-state index contributed by atoms with van der Waals surface area (Å²) in [7, 11) is 0. The van der Waals surface area contributed by atoms with Crippen molar-refractivity contribution in [1.29, 1.82) is 0 Å². The van der Waals surface area contributed by atoms with Crippen molar-refractivity contribution in [2.45, 2.75) is 105 Å². The molecule has 8 atom stereocenters. The standard InChI is InChI=1S/C67H69N9O15S/c1-38(78)58(63(85)70-52(34-57(68)80)60(82)71-53(65(87)88)32-39-15-4-2-5-16-39)74-61(83)51(33-41-35-76(55-24-13-12-19-44(41)55)67(90)92-43-17-6-3-7-18-43)69-62(84)56-25-14-30-75(56)64(86)54(36-77)72-59(81)50(31-40-26-28-42(79)29-27-40)73-66(89)91-37-49-47-22-10-8-20-45(47)46-21-9-11-23-48(46)49/h2-13,15-24,26-29,35,38,49-54,56,58,77-79H,14,25,30-34,36-37H2,1H3,(H2,68,80)(H,69,84)(H,70,85)(H,71,82)(H,72,81)(H,73,89)(H,74,83)(H,87,88)/t38-,50+,51+,52+,53+,54+,56+,58+/m1/s1. The highest BCUT2D eigenvalue weighted by atomic mass is 32.2. The van der Waals surface area contributed by atoms with Gasteiger partial charge in [-0.1, -0.05) is 127 Å². The van der Waals surface area contributed by atoms with Crippen LogP contribution in [0, 0.1) is 0 Å². The molecule has 478 valence electrons. The molecule has 8 amide bonds. The van der Waals surface area contributed by atoms with E-state index in [4.69, 9.17) is 10.5 Å². The van der Waals surface area contributed by atoms with Gasteiger partial charge in [0.1, 0.15) is 54.6 Å². The van der Waals surface area contributed by atoms with Crippen LogP contribution >= 0.6 is 11.8 Å². The predicted molar refractivity (Wildman–Crippen MR) is 337 cm³/mol. The lowest BCUT2D eigenvalue weighted by Crippen LogP contribution is -2.62. The molecule has 0 unspecified atom stereocenters. The third kappa shape index (κ3) is 16.3. The Morgan fingerprint density at radius 3 is 1.82 bits per heavy atom. The molecule has 25 heteroatoms. The molecular weight excluding hydrogens is 1200 g/mol. The number of primary amides is 1. The van der Waals surface area contributed by atoms with Gasteiger partial charge in [0.05, 0.1) is 24.6 Å². The SMILES string of the molecule is C[C@@H](O)[C@H](NC(=O)[C@H](Cc1cn(C(=O)Sc2ccccc2)c2ccccc12)NC(=O)[C@@H]1CCCN1C(=O)[C@H](CO)NC(=O)[C@H](Cc1ccc(O)cc1)NC(=O)OCC1c2ccccc2-c2ccccc21)C(=O)N[C@@H](CC(N)=O)C(=O)N[C@@H](Cc1ccccc1)C(=O)O. The lowest BCUT2D eigenvalue weighted by atomic mass is 9.98. The average Bonchev–Trinajstić information content (AvgIpc) is 1.64. The average molecular weight is 1270 g/mol. The first-order valence-electron chi connectivity index (χ1n) is 29.7. The van der Waals surface area contributed by atoms with Crippen LogP contribution in [-0.2, 0) is 62.4 Å². The number of benzene rings is 6. The molecular formula is C67H69N9O15S. The summed E-state index contributed by atoms with van der Waals surface area (Å²) in [5.41, 5.74) is 11.2. The summed E-state index contributed by atoms with van der Waals surface area (Å²) in [4.78, 5) is 141. The smallest absolute Gasteiger partial charge is 0.407 e. The number of phenols is 1. The number of aliphatic hydroxyl groups is 2. The first kappa shape index (κ1) is 66.1. The van der Waals surface area contributed by atoms with Gasteiger partial charge in [-0.2, -0.15) is 0 Å². The number of aliphatic hydroxyl groups excluding tert-OH is 2. The fourth-order valence-corrected chi connectivity index (χ4v) is 12.1. The number of nitrogens with one attached hydrogen (secondary N) is 6. The van der Waals surface area contributed by atoms with Gasteiger partial charge in [-0.05, 0) is 101 Å². The van der Waals surface area contributed by atoms with E-state index in [-0.39, 0.29) is 56.9 Å². The summed E-state index contributed by atoms with van der Waals surface area (Å²) in [5.74, 6) is -9.06. The molecule has 0 radical (unpaired) electrons. The number of alkyl carbamates (subject to hydrolysis) is 1. The van der Waals surface area contributed by atoms with E-state index in [0.29, 0.717) is 32.5 Å². The van der Waals surface area contributed by atoms with Crippen molar-refractivity contribution in [3.63, 3.8) is 0 Å². The third-order valence-corrected chi connectivity index (χ3v) is 16.8. The van der Waals surface area contributed by atoms with Gasteiger partial charge in [0, 0.05) is 48.2 Å². The van der Waals surface area contributed by atoms with Crippen molar-refractivity contribution in [3.05, 3.63) is 192 Å². The quantitative estimate of drug-likeness (QED) is 0.0344. The molecule has 9 rings (SSSR count). The van der Waals surface area contributed by atoms with E-state index in [0.717, 1.165) is 45.8 Å². The number of nitrogens with two attached hydrogens (primary N) is 1. The molecule has 1 fully saturated rings. The Labute approximate surface area is 532 Å². The second kappa shape index (κ2) is 30.4. The second-order valence-corrected chi connectivity index (χ2v) is 23.4. The topological polar surface area (TPSA) is 367 Å². The van der Waals surface area contributed by atoms with E-state index in [1.165, 1.54) is 35.0 Å². The number of hydrogen-bond acceptors (Lipinski definition) is 15. The number of para-hydroxylation sites is 1. The summed E-state index contributed by atoms with van der Waals surface area (Å²) >= 11 is 0.927. The summed E-state index contributed by atoms with van der Waals surface area (Å²) in [5, 5.41) is 56.9. The number of carbonyl (C=O) groups excluding carboxylic acids is 9. The Morgan fingerprint density at radius 2 is 1.17 bits per heavy atom. The van der Waals surface area contributed by atoms with Gasteiger partial charge >= 0.3 is 12.1 Å². The fourth-order valence-electron chi connectivity index (χ4n) is 11.4. The van der Waals surface area contributed by atoms with Crippen LogP contribution in [0.5, 0.6) is 5.75 Å². The highest BCUT2D eigenvalue weighted by molar-refractivity contribution is 8.13. The Morgan fingerprint density at radius 1 is 0.620 bits per heavy atom. The van der Waals surface area contributed by atoms with E-state index in [2.05, 4.69) is 31.9 Å². The number of aromatic nitrogens is 1. The number of carboxylic acid groups (broad SMARTS) is 1. The Balaban J connectivity index is 0.937. The van der Waals surface area contributed by atoms with Crippen molar-refractivity contribution in [1.82, 2.24) is 41.4 Å². The van der Waals surface area contributed by atoms with Gasteiger partial charge in [-0.3, -0.25) is 42.9 Å². The Hall–Kier alpha value is -10.4. The van der Waals surface area contributed by atoms with Crippen LogP contribution in [0.1, 0.15) is 59.9 Å². The first-order chi connectivity index (χ1) is 44.3. The first-order valence-corrected chi connectivity index (χ1v) is 30.5. The zero-order chi connectivity index (χ0) is 65.6. The molecule has 2 aliphatic rings. The number of ether oxygens (including phenoxy) is 1. The molecule has 92 heavy (non-hydrogen) atoms. The van der Waals surface area contributed by atoms with Gasteiger partial charge in [0.25, 0.3) is 5.24 Å². The zero-order valence-corrected chi connectivity index (χ0v) is 50.6. The van der Waals surface area contributed by atoms with Gasteiger partial charge in [-0.25, -0.2) is 9.59 Å². The van der Waals surface area contributed by atoms with Gasteiger partial charge < -0.3 is 67.7 Å². The van der Waals surface area contributed by atoms with Crippen LogP contribution in [0.4, 0.5) is 9.59 Å². The van der Waals surface area contributed by atoms with Gasteiger partial charge in [-0.15, -0.1) is 0 Å². The fraction of sp³-hybridized carbons (Fsp3) is 0.284.